The number of esters is 1. The Balaban J connectivity index is 1.78. The molecular formula is C19H19NO6. The number of rotatable bonds is 8. The zero-order valence-corrected chi connectivity index (χ0v) is 14.0. The molecule has 0 saturated carbocycles. The maximum Gasteiger partial charge on any atom is 0.408 e. The van der Waals surface area contributed by atoms with E-state index in [1.807, 2.05) is 12.1 Å². The molecule has 0 aliphatic heterocycles. The number of nitrogens with one attached hydrogen (secondary N) is 1. The number of carboxylic acid groups (broad SMARTS) is 1. The molecule has 26 heavy (non-hydrogen) atoms. The predicted octanol–water partition coefficient (Wildman–Crippen LogP) is 2.50. The van der Waals surface area contributed by atoms with Gasteiger partial charge in [0.25, 0.3) is 0 Å². The zero-order chi connectivity index (χ0) is 18.8. The van der Waals surface area contributed by atoms with Crippen molar-refractivity contribution in [2.75, 3.05) is 0 Å². The molecule has 0 bridgehead atoms. The van der Waals surface area contributed by atoms with Gasteiger partial charge in [0.15, 0.2) is 0 Å². The van der Waals surface area contributed by atoms with E-state index in [0.29, 0.717) is 0 Å². The van der Waals surface area contributed by atoms with Crippen molar-refractivity contribution < 1.29 is 29.0 Å². The van der Waals surface area contributed by atoms with E-state index >= 15 is 0 Å². The second kappa shape index (κ2) is 9.83. The number of benzene rings is 2. The molecule has 136 valence electrons. The van der Waals surface area contributed by atoms with E-state index in [9.17, 15) is 14.4 Å². The van der Waals surface area contributed by atoms with Crippen molar-refractivity contribution in [2.24, 2.45) is 0 Å². The van der Waals surface area contributed by atoms with Gasteiger partial charge in [0.2, 0.25) is 0 Å². The molecule has 2 N–H and O–H groups in total. The molecular weight excluding hydrogens is 338 g/mol. The minimum atomic E-state index is -1.43. The second-order valence-electron chi connectivity index (χ2n) is 5.45. The lowest BCUT2D eigenvalue weighted by Gasteiger charge is -2.14. The Morgan fingerprint density at radius 3 is 1.85 bits per heavy atom. The Kier molecular flexibility index (Phi) is 7.17. The fourth-order valence-electron chi connectivity index (χ4n) is 2.07. The third kappa shape index (κ3) is 6.64. The van der Waals surface area contributed by atoms with E-state index in [4.69, 9.17) is 14.6 Å². The molecule has 0 fully saturated rings. The Morgan fingerprint density at radius 1 is 0.846 bits per heavy atom. The molecule has 1 amide bonds. The molecule has 0 heterocycles. The summed E-state index contributed by atoms with van der Waals surface area (Å²) in [6.45, 7) is 0.0297. The maximum absolute atomic E-state index is 11.8. The zero-order valence-electron chi connectivity index (χ0n) is 14.0. The van der Waals surface area contributed by atoms with Gasteiger partial charge in [0.1, 0.15) is 19.3 Å². The smallest absolute Gasteiger partial charge is 0.408 e. The summed E-state index contributed by atoms with van der Waals surface area (Å²) in [5.74, 6) is -2.08. The number of hydrogen-bond donors (Lipinski definition) is 2. The van der Waals surface area contributed by atoms with Crippen LogP contribution in [-0.4, -0.2) is 29.2 Å². The first kappa shape index (κ1) is 19.0. The number of carbonyl (C=O) groups is 3. The highest BCUT2D eigenvalue weighted by Gasteiger charge is 2.24. The third-order valence-electron chi connectivity index (χ3n) is 3.42. The average Bonchev–Trinajstić information content (AvgIpc) is 2.66. The Labute approximate surface area is 150 Å². The minimum Gasteiger partial charge on any atom is -0.480 e. The van der Waals surface area contributed by atoms with E-state index in [1.165, 1.54) is 0 Å². The molecule has 0 saturated heterocycles. The van der Waals surface area contributed by atoms with Crippen LogP contribution in [0.1, 0.15) is 17.5 Å². The predicted molar refractivity (Wildman–Crippen MR) is 92.0 cm³/mol. The molecule has 2 rings (SSSR count). The topological polar surface area (TPSA) is 102 Å². The molecule has 0 aliphatic rings. The lowest BCUT2D eigenvalue weighted by Crippen LogP contribution is -2.42. The number of amides is 1. The highest BCUT2D eigenvalue weighted by Crippen LogP contribution is 2.05. The molecule has 7 heteroatoms. The summed E-state index contributed by atoms with van der Waals surface area (Å²) in [6, 6.07) is 16.5. The average molecular weight is 357 g/mol. The van der Waals surface area contributed by atoms with Crippen LogP contribution in [0.15, 0.2) is 60.7 Å². The summed E-state index contributed by atoms with van der Waals surface area (Å²) in [5, 5.41) is 11.3. The van der Waals surface area contributed by atoms with Crippen molar-refractivity contribution in [3.05, 3.63) is 71.8 Å². The van der Waals surface area contributed by atoms with E-state index in [0.717, 1.165) is 11.1 Å². The van der Waals surface area contributed by atoms with Gasteiger partial charge < -0.3 is 19.9 Å². The molecule has 0 aromatic heterocycles. The van der Waals surface area contributed by atoms with E-state index in [-0.39, 0.29) is 13.2 Å². The van der Waals surface area contributed by atoms with Gasteiger partial charge in [0.05, 0.1) is 6.42 Å². The van der Waals surface area contributed by atoms with Crippen LogP contribution in [0.25, 0.3) is 0 Å². The van der Waals surface area contributed by atoms with Crippen LogP contribution >= 0.6 is 0 Å². The summed E-state index contributed by atoms with van der Waals surface area (Å²) in [4.78, 5) is 34.8. The van der Waals surface area contributed by atoms with E-state index in [1.54, 1.807) is 48.5 Å². The quantitative estimate of drug-likeness (QED) is 0.704. The standard InChI is InChI=1S/C19H19NO6/c21-17(25-12-14-7-3-1-4-8-14)11-16(18(22)23)20-19(24)26-13-15-9-5-2-6-10-15/h1-10,16H,11-13H2,(H,20,24)(H,22,23)/t16-/m1/s1. The molecule has 2 aromatic rings. The first-order chi connectivity index (χ1) is 12.5. The normalized spacial score (nSPS) is 11.2. The first-order valence-electron chi connectivity index (χ1n) is 7.94. The van der Waals surface area contributed by atoms with Crippen LogP contribution in [0, 0.1) is 0 Å². The summed E-state index contributed by atoms with van der Waals surface area (Å²) >= 11 is 0. The van der Waals surface area contributed by atoms with Crippen LogP contribution in [0.5, 0.6) is 0 Å². The van der Waals surface area contributed by atoms with E-state index < -0.39 is 30.5 Å². The Hall–Kier alpha value is -3.35. The first-order valence-corrected chi connectivity index (χ1v) is 7.94. The number of hydrogen-bond acceptors (Lipinski definition) is 5. The maximum atomic E-state index is 11.8. The van der Waals surface area contributed by atoms with Crippen molar-refractivity contribution in [2.45, 2.75) is 25.7 Å². The fourth-order valence-corrected chi connectivity index (χ4v) is 2.07. The number of ether oxygens (including phenoxy) is 2. The summed E-state index contributed by atoms with van der Waals surface area (Å²) in [7, 11) is 0. The van der Waals surface area contributed by atoms with Crippen molar-refractivity contribution in [3.8, 4) is 0 Å². The van der Waals surface area contributed by atoms with Crippen LogP contribution in [-0.2, 0) is 32.3 Å². The minimum absolute atomic E-state index is 0.00251. The summed E-state index contributed by atoms with van der Waals surface area (Å²) < 4.78 is 9.98. The number of alkyl carbamates (subject to hydrolysis) is 1. The van der Waals surface area contributed by atoms with Gasteiger partial charge in [-0.15, -0.1) is 0 Å². The highest BCUT2D eigenvalue weighted by molar-refractivity contribution is 5.85. The molecule has 1 atom stereocenters. The monoisotopic (exact) mass is 357 g/mol. The van der Waals surface area contributed by atoms with Crippen molar-refractivity contribution in [3.63, 3.8) is 0 Å². The number of carboxylic acids is 1. The van der Waals surface area contributed by atoms with Crippen molar-refractivity contribution >= 4 is 18.0 Å². The van der Waals surface area contributed by atoms with Crippen LogP contribution in [0.4, 0.5) is 4.79 Å². The molecule has 0 aliphatic carbocycles. The lowest BCUT2D eigenvalue weighted by atomic mass is 10.2. The number of carbonyl (C=O) groups excluding carboxylic acids is 2. The van der Waals surface area contributed by atoms with E-state index in [2.05, 4.69) is 5.32 Å². The molecule has 0 spiro atoms. The van der Waals surface area contributed by atoms with Gasteiger partial charge in [-0.3, -0.25) is 4.79 Å². The third-order valence-corrected chi connectivity index (χ3v) is 3.42. The SMILES string of the molecule is O=C(C[C@@H](NC(=O)OCc1ccccc1)C(=O)O)OCc1ccccc1. The van der Waals surface area contributed by atoms with Gasteiger partial charge in [0, 0.05) is 0 Å². The van der Waals surface area contributed by atoms with Gasteiger partial charge in [-0.2, -0.15) is 0 Å². The van der Waals surface area contributed by atoms with Gasteiger partial charge in [-0.25, -0.2) is 9.59 Å². The Bertz CT molecular complexity index is 675. The summed E-state index contributed by atoms with van der Waals surface area (Å²) in [5.41, 5.74) is 1.54. The van der Waals surface area contributed by atoms with Crippen LogP contribution < -0.4 is 5.32 Å². The molecule has 0 radical (unpaired) electrons. The van der Waals surface area contributed by atoms with Crippen LogP contribution in [0.2, 0.25) is 0 Å². The van der Waals surface area contributed by atoms with Gasteiger partial charge >= 0.3 is 18.0 Å². The molecule has 2 aromatic carbocycles. The van der Waals surface area contributed by atoms with Crippen molar-refractivity contribution in [1.29, 1.82) is 0 Å². The fraction of sp³-hybridized carbons (Fsp3) is 0.211. The van der Waals surface area contributed by atoms with Gasteiger partial charge in [-0.1, -0.05) is 60.7 Å². The largest absolute Gasteiger partial charge is 0.480 e. The highest BCUT2D eigenvalue weighted by atomic mass is 16.5. The molecule has 7 nitrogen and oxygen atoms in total. The lowest BCUT2D eigenvalue weighted by molar-refractivity contribution is -0.150. The molecule has 0 unspecified atom stereocenters. The second-order valence-corrected chi connectivity index (χ2v) is 5.45. The summed E-state index contributed by atoms with van der Waals surface area (Å²) in [6.07, 6.45) is -1.42. The Morgan fingerprint density at radius 2 is 1.35 bits per heavy atom. The number of aliphatic carboxylic acids is 1. The van der Waals surface area contributed by atoms with Crippen molar-refractivity contribution in [1.82, 2.24) is 5.32 Å². The van der Waals surface area contributed by atoms with Gasteiger partial charge in [-0.05, 0) is 11.1 Å². The van der Waals surface area contributed by atoms with Crippen LogP contribution in [0.3, 0.4) is 0 Å².